The van der Waals surface area contributed by atoms with E-state index in [9.17, 15) is 0 Å². The molecule has 1 aromatic rings. The van der Waals surface area contributed by atoms with Crippen LogP contribution in [-0.2, 0) is 4.74 Å². The first kappa shape index (κ1) is 11.8. The maximum absolute atomic E-state index is 5.45. The van der Waals surface area contributed by atoms with Crippen molar-refractivity contribution < 1.29 is 9.47 Å². The molecule has 1 rings (SSSR count). The summed E-state index contributed by atoms with van der Waals surface area (Å²) in [6.07, 6.45) is 1.80. The Hall–Kier alpha value is -1.28. The van der Waals surface area contributed by atoms with E-state index in [0.717, 1.165) is 11.3 Å². The summed E-state index contributed by atoms with van der Waals surface area (Å²) in [5.74, 6) is 0.810. The fraction of sp³-hybridized carbons (Fsp3) is 0.385. The second-order valence-corrected chi connectivity index (χ2v) is 4.29. The molecule has 0 unspecified atom stereocenters. The van der Waals surface area contributed by atoms with Crippen LogP contribution in [0.3, 0.4) is 0 Å². The summed E-state index contributed by atoms with van der Waals surface area (Å²) in [5.41, 5.74) is 0.917. The SMILES string of the molecule is C=Cc1ccc(OCOC(C)(C)C)cc1. The van der Waals surface area contributed by atoms with Gasteiger partial charge in [-0.2, -0.15) is 0 Å². The van der Waals surface area contributed by atoms with Gasteiger partial charge in [-0.1, -0.05) is 24.8 Å². The van der Waals surface area contributed by atoms with Crippen LogP contribution in [0.25, 0.3) is 6.08 Å². The van der Waals surface area contributed by atoms with Crippen molar-refractivity contribution in [1.82, 2.24) is 0 Å². The minimum Gasteiger partial charge on any atom is -0.468 e. The molecule has 0 fully saturated rings. The molecule has 0 aromatic heterocycles. The van der Waals surface area contributed by atoms with Crippen molar-refractivity contribution in [2.75, 3.05) is 6.79 Å². The van der Waals surface area contributed by atoms with Crippen LogP contribution in [0.1, 0.15) is 26.3 Å². The van der Waals surface area contributed by atoms with Crippen LogP contribution in [-0.4, -0.2) is 12.4 Å². The molecule has 1 aromatic carbocycles. The molecule has 0 aliphatic carbocycles. The fourth-order valence-electron chi connectivity index (χ4n) is 0.974. The van der Waals surface area contributed by atoms with Crippen LogP contribution in [0, 0.1) is 0 Å². The molecule has 2 heteroatoms. The molecule has 0 saturated carbocycles. The molecule has 0 aliphatic rings. The van der Waals surface area contributed by atoms with Crippen molar-refractivity contribution in [1.29, 1.82) is 0 Å². The summed E-state index contributed by atoms with van der Waals surface area (Å²) in [5, 5.41) is 0. The Morgan fingerprint density at radius 1 is 1.20 bits per heavy atom. The Balaban J connectivity index is 2.41. The summed E-state index contributed by atoms with van der Waals surface area (Å²) < 4.78 is 10.9. The number of ether oxygens (including phenoxy) is 2. The van der Waals surface area contributed by atoms with E-state index >= 15 is 0 Å². The lowest BCUT2D eigenvalue weighted by Crippen LogP contribution is -2.22. The van der Waals surface area contributed by atoms with E-state index in [1.165, 1.54) is 0 Å². The molecule has 0 atom stereocenters. The minimum absolute atomic E-state index is 0.166. The lowest BCUT2D eigenvalue weighted by molar-refractivity contribution is -0.0758. The van der Waals surface area contributed by atoms with Crippen LogP contribution in [0.5, 0.6) is 5.75 Å². The van der Waals surface area contributed by atoms with E-state index in [1.54, 1.807) is 6.08 Å². The summed E-state index contributed by atoms with van der Waals surface area (Å²) in [4.78, 5) is 0. The average Bonchev–Trinajstić information content (AvgIpc) is 2.17. The lowest BCUT2D eigenvalue weighted by Gasteiger charge is -2.19. The molecule has 0 amide bonds. The molecule has 2 nitrogen and oxygen atoms in total. The largest absolute Gasteiger partial charge is 0.468 e. The Kier molecular flexibility index (Phi) is 3.92. The maximum atomic E-state index is 5.45. The van der Waals surface area contributed by atoms with Crippen molar-refractivity contribution in [3.05, 3.63) is 36.4 Å². The molecule has 0 aliphatic heterocycles. The van der Waals surface area contributed by atoms with Gasteiger partial charge in [0.25, 0.3) is 0 Å². The second kappa shape index (κ2) is 4.99. The molecular weight excluding hydrogens is 188 g/mol. The number of hydrogen-bond donors (Lipinski definition) is 0. The molecule has 82 valence electrons. The number of benzene rings is 1. The zero-order chi connectivity index (χ0) is 11.3. The molecule has 0 saturated heterocycles. The van der Waals surface area contributed by atoms with Gasteiger partial charge >= 0.3 is 0 Å². The standard InChI is InChI=1S/C13H18O2/c1-5-11-6-8-12(9-7-11)14-10-15-13(2,3)4/h5-9H,1,10H2,2-4H3. The summed E-state index contributed by atoms with van der Waals surface area (Å²) in [6, 6.07) is 7.73. The monoisotopic (exact) mass is 206 g/mol. The zero-order valence-corrected chi connectivity index (χ0v) is 9.62. The Labute approximate surface area is 91.5 Å². The predicted molar refractivity (Wildman–Crippen MR) is 62.9 cm³/mol. The summed E-state index contributed by atoms with van der Waals surface area (Å²) in [7, 11) is 0. The van der Waals surface area contributed by atoms with Gasteiger partial charge < -0.3 is 9.47 Å². The van der Waals surface area contributed by atoms with E-state index in [0.29, 0.717) is 0 Å². The Morgan fingerprint density at radius 3 is 2.27 bits per heavy atom. The molecule has 0 bridgehead atoms. The molecule has 15 heavy (non-hydrogen) atoms. The Bertz CT molecular complexity index is 306. The van der Waals surface area contributed by atoms with E-state index in [2.05, 4.69) is 6.58 Å². The van der Waals surface area contributed by atoms with Gasteiger partial charge in [-0.3, -0.25) is 0 Å². The van der Waals surface area contributed by atoms with Gasteiger partial charge in [0.05, 0.1) is 5.60 Å². The highest BCUT2D eigenvalue weighted by molar-refractivity contribution is 5.48. The topological polar surface area (TPSA) is 18.5 Å². The van der Waals surface area contributed by atoms with Gasteiger partial charge in [0.1, 0.15) is 5.75 Å². The van der Waals surface area contributed by atoms with Crippen molar-refractivity contribution in [3.63, 3.8) is 0 Å². The van der Waals surface area contributed by atoms with E-state index in [-0.39, 0.29) is 12.4 Å². The predicted octanol–water partition coefficient (Wildman–Crippen LogP) is 3.48. The lowest BCUT2D eigenvalue weighted by atomic mass is 10.2. The van der Waals surface area contributed by atoms with Crippen LogP contribution in [0.4, 0.5) is 0 Å². The highest BCUT2D eigenvalue weighted by Crippen LogP contribution is 2.14. The molecule has 0 heterocycles. The van der Waals surface area contributed by atoms with Crippen LogP contribution >= 0.6 is 0 Å². The van der Waals surface area contributed by atoms with E-state index in [1.807, 2.05) is 45.0 Å². The third-order valence-electron chi connectivity index (χ3n) is 1.83. The van der Waals surface area contributed by atoms with Crippen molar-refractivity contribution >= 4 is 6.08 Å². The van der Waals surface area contributed by atoms with Crippen LogP contribution < -0.4 is 4.74 Å². The molecular formula is C13H18O2. The molecule has 0 N–H and O–H groups in total. The number of hydrogen-bond acceptors (Lipinski definition) is 2. The molecule has 0 radical (unpaired) electrons. The van der Waals surface area contributed by atoms with Crippen LogP contribution in [0.15, 0.2) is 30.8 Å². The molecule has 0 spiro atoms. The van der Waals surface area contributed by atoms with Gasteiger partial charge in [0, 0.05) is 0 Å². The van der Waals surface area contributed by atoms with Gasteiger partial charge in [0.15, 0.2) is 6.79 Å². The first-order valence-corrected chi connectivity index (χ1v) is 5.00. The quantitative estimate of drug-likeness (QED) is 0.702. The normalized spacial score (nSPS) is 11.1. The third kappa shape index (κ3) is 4.66. The number of rotatable bonds is 4. The average molecular weight is 206 g/mol. The highest BCUT2D eigenvalue weighted by Gasteiger charge is 2.09. The van der Waals surface area contributed by atoms with E-state index < -0.39 is 0 Å². The highest BCUT2D eigenvalue weighted by atomic mass is 16.7. The van der Waals surface area contributed by atoms with Crippen LogP contribution in [0.2, 0.25) is 0 Å². The van der Waals surface area contributed by atoms with Crippen molar-refractivity contribution in [2.24, 2.45) is 0 Å². The minimum atomic E-state index is -0.166. The third-order valence-corrected chi connectivity index (χ3v) is 1.83. The summed E-state index contributed by atoms with van der Waals surface area (Å²) in [6.45, 7) is 9.96. The first-order valence-electron chi connectivity index (χ1n) is 5.00. The fourth-order valence-corrected chi connectivity index (χ4v) is 0.974. The van der Waals surface area contributed by atoms with Gasteiger partial charge in [-0.15, -0.1) is 0 Å². The Morgan fingerprint density at radius 2 is 1.80 bits per heavy atom. The van der Waals surface area contributed by atoms with Gasteiger partial charge in [-0.25, -0.2) is 0 Å². The zero-order valence-electron chi connectivity index (χ0n) is 9.62. The smallest absolute Gasteiger partial charge is 0.189 e. The van der Waals surface area contributed by atoms with Gasteiger partial charge in [-0.05, 0) is 38.5 Å². The summed E-state index contributed by atoms with van der Waals surface area (Å²) >= 11 is 0. The first-order chi connectivity index (χ1) is 7.01. The maximum Gasteiger partial charge on any atom is 0.189 e. The van der Waals surface area contributed by atoms with Gasteiger partial charge in [0.2, 0.25) is 0 Å². The van der Waals surface area contributed by atoms with E-state index in [4.69, 9.17) is 9.47 Å². The van der Waals surface area contributed by atoms with Crippen molar-refractivity contribution in [2.45, 2.75) is 26.4 Å². The van der Waals surface area contributed by atoms with Crippen molar-refractivity contribution in [3.8, 4) is 5.75 Å². The second-order valence-electron chi connectivity index (χ2n) is 4.29.